The Balaban J connectivity index is 0.00000125. The minimum Gasteiger partial charge on any atom is -0.396 e. The first-order valence-electron chi connectivity index (χ1n) is 21.9. The normalized spacial score (nSPS) is 16.5. The van der Waals surface area contributed by atoms with Crippen LogP contribution in [-0.2, 0) is 24.5 Å². The zero-order valence-electron chi connectivity index (χ0n) is 40.5. The van der Waals surface area contributed by atoms with Crippen LogP contribution in [0.3, 0.4) is 0 Å². The third kappa shape index (κ3) is 21.3. The first-order chi connectivity index (χ1) is 26.4. The number of Topliss-reactive ketones (excluding diaryl/α,β-unsaturated/α-hetero) is 1. The van der Waals surface area contributed by atoms with E-state index in [-0.39, 0.29) is 63.3 Å². The molecule has 2 amide bonds. The van der Waals surface area contributed by atoms with Crippen molar-refractivity contribution in [2.75, 3.05) is 37.7 Å². The number of amides is 2. The van der Waals surface area contributed by atoms with E-state index in [9.17, 15) is 14.4 Å². The first-order valence-corrected chi connectivity index (χ1v) is 23.9. The van der Waals surface area contributed by atoms with Gasteiger partial charge in [-0.3, -0.25) is 14.4 Å². The van der Waals surface area contributed by atoms with Crippen molar-refractivity contribution in [2.45, 2.75) is 180 Å². The van der Waals surface area contributed by atoms with Gasteiger partial charge in [0.05, 0.1) is 12.7 Å². The Morgan fingerprint density at radius 3 is 1.95 bits per heavy atom. The number of allylic oxidation sites excluding steroid dienone is 1. The fourth-order valence-corrected chi connectivity index (χ4v) is 9.42. The fraction of sp³-hybridized carbons (Fsp3) is 0.776. The predicted octanol–water partition coefficient (Wildman–Crippen LogP) is 11.8. The number of rotatable bonds is 21. The Morgan fingerprint density at radius 2 is 1.50 bits per heavy atom. The predicted molar refractivity (Wildman–Crippen MR) is 251 cm³/mol. The van der Waals surface area contributed by atoms with Crippen LogP contribution in [0.5, 0.6) is 0 Å². The summed E-state index contributed by atoms with van der Waals surface area (Å²) in [6.45, 7) is 42.0. The van der Waals surface area contributed by atoms with E-state index in [0.29, 0.717) is 13.0 Å². The quantitative estimate of drug-likeness (QED) is 0.0721. The van der Waals surface area contributed by atoms with E-state index < -0.39 is 13.5 Å². The number of ketones is 1. The summed E-state index contributed by atoms with van der Waals surface area (Å²) in [5.41, 5.74) is 8.53. The molecule has 1 aliphatic rings. The van der Waals surface area contributed by atoms with Crippen molar-refractivity contribution in [2.24, 2.45) is 38.7 Å². The van der Waals surface area contributed by atoms with Crippen molar-refractivity contribution in [1.82, 2.24) is 5.32 Å². The molecule has 8 nitrogen and oxygen atoms in total. The third-order valence-electron chi connectivity index (χ3n) is 12.0. The summed E-state index contributed by atoms with van der Waals surface area (Å²) >= 11 is 0. The van der Waals surface area contributed by atoms with E-state index >= 15 is 0 Å². The number of ether oxygens (including phenoxy) is 1. The first kappa shape index (κ1) is 55.7. The van der Waals surface area contributed by atoms with Crippen LogP contribution in [0.1, 0.15) is 174 Å². The number of aliphatic hydroxyl groups excluding tert-OH is 1. The highest BCUT2D eigenvalue weighted by molar-refractivity contribution is 7.58. The van der Waals surface area contributed by atoms with E-state index in [4.69, 9.17) is 15.6 Å². The van der Waals surface area contributed by atoms with Gasteiger partial charge in [-0.25, -0.2) is 0 Å². The van der Waals surface area contributed by atoms with Crippen LogP contribution in [0, 0.1) is 33.0 Å². The molecule has 9 heteroatoms. The molecule has 0 spiro atoms. The van der Waals surface area contributed by atoms with Gasteiger partial charge in [-0.1, -0.05) is 121 Å². The minimum absolute atomic E-state index is 0.00930. The van der Waals surface area contributed by atoms with Gasteiger partial charge in [-0.2, -0.15) is 0 Å². The number of benzene rings is 1. The molecular weight excluding hydrogens is 742 g/mol. The molecule has 3 unspecified atom stereocenters. The van der Waals surface area contributed by atoms with Crippen molar-refractivity contribution in [3.63, 3.8) is 0 Å². The van der Waals surface area contributed by atoms with E-state index in [1.807, 2.05) is 20.8 Å². The number of hydrogen-bond acceptors (Lipinski definition) is 6. The van der Waals surface area contributed by atoms with Gasteiger partial charge in [0.2, 0.25) is 11.8 Å². The number of carbonyl (C=O) groups excluding carboxylic acids is 3. The Morgan fingerprint density at radius 1 is 0.931 bits per heavy atom. The number of anilines is 1. The van der Waals surface area contributed by atoms with Gasteiger partial charge in [-0.15, -0.1) is 6.58 Å². The number of hydrogen-bond donors (Lipinski definition) is 4. The van der Waals surface area contributed by atoms with Gasteiger partial charge < -0.3 is 26.0 Å². The fourth-order valence-electron chi connectivity index (χ4n) is 7.82. The molecule has 1 aliphatic carbocycles. The average Bonchev–Trinajstić information content (AvgIpc) is 3.09. The lowest BCUT2D eigenvalue weighted by Crippen LogP contribution is -2.44. The van der Waals surface area contributed by atoms with E-state index in [1.54, 1.807) is 0 Å². The van der Waals surface area contributed by atoms with Crippen molar-refractivity contribution >= 4 is 31.4 Å². The molecule has 58 heavy (non-hydrogen) atoms. The molecule has 0 aromatic heterocycles. The summed E-state index contributed by atoms with van der Waals surface area (Å²) < 4.78 is 5.87. The summed E-state index contributed by atoms with van der Waals surface area (Å²) in [5.74, 6) is 0.162. The number of carbonyl (C=O) groups is 3. The van der Waals surface area contributed by atoms with Crippen molar-refractivity contribution in [3.8, 4) is 0 Å². The third-order valence-corrected chi connectivity index (χ3v) is 13.6. The van der Waals surface area contributed by atoms with Crippen LogP contribution < -0.4 is 16.1 Å². The molecule has 1 fully saturated rings. The molecular formula is C49H90N3O5P. The molecule has 3 atom stereocenters. The average molecular weight is 832 g/mol. The highest BCUT2D eigenvalue weighted by atomic mass is 31.1. The smallest absolute Gasteiger partial charge is 0.225 e. The maximum atomic E-state index is 13.1. The lowest BCUT2D eigenvalue weighted by molar-refractivity contribution is -0.130. The van der Waals surface area contributed by atoms with Gasteiger partial charge in [0.1, 0.15) is 5.78 Å². The summed E-state index contributed by atoms with van der Waals surface area (Å²) in [7, 11) is -0.417. The molecule has 0 aliphatic heterocycles. The lowest BCUT2D eigenvalue weighted by atomic mass is 9.72. The van der Waals surface area contributed by atoms with Gasteiger partial charge in [0.15, 0.2) is 0 Å². The Hall–Kier alpha value is -2.28. The standard InChI is InChI=1S/C32H57N2O2P.C10H21NO.C7H12O2/c1-14-36-25(4)32(11,12)22-29(5,6)23-33-28(35)30(7,8)19-20-37(13)34-27-17-15-26(16-18-27)31(9,10)21-24(2)3;1-6-9(2,3)7-10(4,5)8(11)12;8-5-6-3-1-2-4-7(6)9/h15-18,25,34H,2,14,19-23H2,1,3-13H3,(H,33,35);6-7H2,1-5H3,(H2,11,12);6,8H,1-5H2. The van der Waals surface area contributed by atoms with Gasteiger partial charge in [-0.05, 0) is 120 Å². The maximum Gasteiger partial charge on any atom is 0.225 e. The van der Waals surface area contributed by atoms with Crippen molar-refractivity contribution in [3.05, 3.63) is 42.0 Å². The van der Waals surface area contributed by atoms with E-state index in [0.717, 1.165) is 69.8 Å². The second-order valence-electron chi connectivity index (χ2n) is 21.4. The second-order valence-corrected chi connectivity index (χ2v) is 23.5. The monoisotopic (exact) mass is 832 g/mol. The van der Waals surface area contributed by atoms with E-state index in [2.05, 4.69) is 138 Å². The highest BCUT2D eigenvalue weighted by Crippen LogP contribution is 2.40. The molecule has 1 saturated carbocycles. The maximum absolute atomic E-state index is 13.1. The summed E-state index contributed by atoms with van der Waals surface area (Å²) in [6.07, 6.45) is 9.63. The summed E-state index contributed by atoms with van der Waals surface area (Å²) in [4.78, 5) is 35.0. The van der Waals surface area contributed by atoms with Crippen LogP contribution >= 0.6 is 8.07 Å². The number of nitrogens with two attached hydrogens (primary N) is 1. The topological polar surface area (TPSA) is 131 Å². The van der Waals surface area contributed by atoms with Crippen molar-refractivity contribution in [1.29, 1.82) is 0 Å². The number of aliphatic hydroxyl groups is 1. The summed E-state index contributed by atoms with van der Waals surface area (Å²) in [5, 5.41) is 15.6. The molecule has 2 rings (SSSR count). The lowest BCUT2D eigenvalue weighted by Gasteiger charge is -2.39. The van der Waals surface area contributed by atoms with Gasteiger partial charge >= 0.3 is 0 Å². The molecule has 1 aromatic carbocycles. The van der Waals surface area contributed by atoms with Crippen LogP contribution in [0.25, 0.3) is 0 Å². The van der Waals surface area contributed by atoms with E-state index in [1.165, 1.54) is 11.1 Å². The van der Waals surface area contributed by atoms with Gasteiger partial charge in [0, 0.05) is 42.0 Å². The zero-order valence-corrected chi connectivity index (χ0v) is 41.4. The molecule has 0 bridgehead atoms. The largest absolute Gasteiger partial charge is 0.396 e. The molecule has 5 N–H and O–H groups in total. The van der Waals surface area contributed by atoms with Crippen LogP contribution in [0.4, 0.5) is 5.69 Å². The van der Waals surface area contributed by atoms with Gasteiger partial charge in [0.25, 0.3) is 0 Å². The van der Waals surface area contributed by atoms with Crippen LogP contribution in [0.15, 0.2) is 36.4 Å². The number of primary amides is 1. The molecule has 1 aromatic rings. The number of nitrogens with one attached hydrogen (secondary N) is 2. The Bertz CT molecular complexity index is 1410. The zero-order chi connectivity index (χ0) is 45.3. The molecule has 0 heterocycles. The highest BCUT2D eigenvalue weighted by Gasteiger charge is 2.36. The summed E-state index contributed by atoms with van der Waals surface area (Å²) in [6, 6.07) is 8.82. The second kappa shape index (κ2) is 24.2. The Labute approximate surface area is 358 Å². The molecule has 0 saturated heterocycles. The van der Waals surface area contributed by atoms with Crippen LogP contribution in [0.2, 0.25) is 0 Å². The van der Waals surface area contributed by atoms with Crippen molar-refractivity contribution < 1.29 is 24.2 Å². The van der Waals surface area contributed by atoms with Crippen LogP contribution in [-0.4, -0.2) is 61.4 Å². The minimum atomic E-state index is -0.417. The Kier molecular flexibility index (Phi) is 23.3. The SMILES string of the molecule is C=C(C)CC(C)(C)c1ccc(NP(C)CCC(C)(C)C(=O)NCC(C)(C)CC(C)(C)C(C)OCC)cc1.CCC(C)(C)CC(C)(C)C(N)=O.O=C1CCCCC1CO. The molecule has 0 radical (unpaired) electrons. The molecule has 336 valence electrons.